The van der Waals surface area contributed by atoms with Crippen LogP contribution in [0.1, 0.15) is 41.3 Å². The number of nitrogens with zero attached hydrogens (tertiary/aromatic N) is 2. The van der Waals surface area contributed by atoms with Crippen molar-refractivity contribution in [3.63, 3.8) is 0 Å². The zero-order chi connectivity index (χ0) is 22.5. The van der Waals surface area contributed by atoms with Gasteiger partial charge in [-0.1, -0.05) is 61.9 Å². The van der Waals surface area contributed by atoms with Crippen LogP contribution < -0.4 is 4.90 Å². The van der Waals surface area contributed by atoms with Crippen molar-refractivity contribution in [2.45, 2.75) is 33.2 Å². The number of aromatic carboxylic acids is 1. The van der Waals surface area contributed by atoms with Crippen LogP contribution in [-0.2, 0) is 6.54 Å². The Morgan fingerprint density at radius 3 is 2.50 bits per heavy atom. The van der Waals surface area contributed by atoms with E-state index < -0.39 is 5.97 Å². The number of unbranched alkanes of at least 4 members (excludes halogenated alkanes) is 1. The predicted octanol–water partition coefficient (Wildman–Crippen LogP) is 6.72. The summed E-state index contributed by atoms with van der Waals surface area (Å²) in [4.78, 5) is 19.1. The monoisotopic (exact) mass is 424 g/mol. The number of rotatable bonds is 8. The summed E-state index contributed by atoms with van der Waals surface area (Å²) < 4.78 is 0. The highest BCUT2D eigenvalue weighted by atomic mass is 16.4. The summed E-state index contributed by atoms with van der Waals surface area (Å²) in [5.41, 5.74) is 5.15. The summed E-state index contributed by atoms with van der Waals surface area (Å²) in [6, 6.07) is 25.9. The summed E-state index contributed by atoms with van der Waals surface area (Å²) in [6.07, 6.45) is 2.16. The Bertz CT molecular complexity index is 1250. The number of anilines is 1. The van der Waals surface area contributed by atoms with E-state index in [9.17, 15) is 9.90 Å². The normalized spacial score (nSPS) is 10.9. The molecule has 0 saturated heterocycles. The van der Waals surface area contributed by atoms with E-state index in [0.717, 1.165) is 58.4 Å². The summed E-state index contributed by atoms with van der Waals surface area (Å²) >= 11 is 0. The highest BCUT2D eigenvalue weighted by molar-refractivity contribution is 5.96. The van der Waals surface area contributed by atoms with Gasteiger partial charge in [0.05, 0.1) is 11.1 Å². The molecule has 0 fully saturated rings. The fourth-order valence-corrected chi connectivity index (χ4v) is 4.05. The highest BCUT2D eigenvalue weighted by Gasteiger charge is 2.16. The molecular weight excluding hydrogens is 396 g/mol. The maximum Gasteiger partial charge on any atom is 0.336 e. The zero-order valence-electron chi connectivity index (χ0n) is 18.6. The molecule has 0 radical (unpaired) electrons. The van der Waals surface area contributed by atoms with Crippen molar-refractivity contribution in [3.8, 4) is 11.1 Å². The Hall–Kier alpha value is -3.66. The van der Waals surface area contributed by atoms with Crippen LogP contribution in [0.3, 0.4) is 0 Å². The number of benzene rings is 3. The van der Waals surface area contributed by atoms with Gasteiger partial charge < -0.3 is 10.0 Å². The van der Waals surface area contributed by atoms with Gasteiger partial charge in [-0.25, -0.2) is 9.78 Å². The molecular formula is C28H28N2O2. The van der Waals surface area contributed by atoms with Gasteiger partial charge in [-0.2, -0.15) is 0 Å². The lowest BCUT2D eigenvalue weighted by Gasteiger charge is -2.25. The van der Waals surface area contributed by atoms with Crippen LogP contribution in [0.5, 0.6) is 0 Å². The number of carboxylic acids is 1. The average molecular weight is 425 g/mol. The van der Waals surface area contributed by atoms with Gasteiger partial charge in [-0.3, -0.25) is 0 Å². The number of carboxylic acid groups (broad SMARTS) is 1. The number of pyridine rings is 1. The molecule has 1 heterocycles. The molecule has 0 bridgehead atoms. The minimum Gasteiger partial charge on any atom is -0.478 e. The Morgan fingerprint density at radius 2 is 1.72 bits per heavy atom. The van der Waals surface area contributed by atoms with Crippen molar-refractivity contribution in [2.75, 3.05) is 11.4 Å². The fraction of sp³-hybridized carbons (Fsp3) is 0.214. The van der Waals surface area contributed by atoms with Crippen LogP contribution >= 0.6 is 0 Å². The standard InChI is InChI=1S/C28H28N2O2/c1-3-4-17-30(27-16-14-22-10-6-8-12-26(22)29-27)19-21-13-15-24(28(31)32)25(18-21)23-11-7-5-9-20(23)2/h5-16,18H,3-4,17,19H2,1-2H3,(H,31,32). The number of para-hydroxylation sites is 1. The largest absolute Gasteiger partial charge is 0.478 e. The molecule has 4 nitrogen and oxygen atoms in total. The van der Waals surface area contributed by atoms with Crippen LogP contribution in [-0.4, -0.2) is 22.6 Å². The first-order valence-corrected chi connectivity index (χ1v) is 11.1. The lowest BCUT2D eigenvalue weighted by molar-refractivity contribution is 0.0697. The third-order valence-electron chi connectivity index (χ3n) is 5.81. The lowest BCUT2D eigenvalue weighted by Crippen LogP contribution is -2.25. The predicted molar refractivity (Wildman–Crippen MR) is 131 cm³/mol. The van der Waals surface area contributed by atoms with Crippen LogP contribution in [0.15, 0.2) is 78.9 Å². The Balaban J connectivity index is 1.72. The molecule has 4 heteroatoms. The van der Waals surface area contributed by atoms with Gasteiger partial charge >= 0.3 is 5.97 Å². The third-order valence-corrected chi connectivity index (χ3v) is 5.81. The Labute approximate surface area is 189 Å². The minimum atomic E-state index is -0.908. The van der Waals surface area contributed by atoms with Crippen molar-refractivity contribution in [2.24, 2.45) is 0 Å². The van der Waals surface area contributed by atoms with E-state index in [2.05, 4.69) is 30.0 Å². The number of fused-ring (bicyclic) bond motifs is 1. The van der Waals surface area contributed by atoms with E-state index in [0.29, 0.717) is 12.1 Å². The van der Waals surface area contributed by atoms with Crippen molar-refractivity contribution >= 4 is 22.7 Å². The minimum absolute atomic E-state index is 0.326. The van der Waals surface area contributed by atoms with Gasteiger partial charge in [0.2, 0.25) is 0 Å². The van der Waals surface area contributed by atoms with Gasteiger partial charge in [0.15, 0.2) is 0 Å². The van der Waals surface area contributed by atoms with E-state index in [1.54, 1.807) is 6.07 Å². The fourth-order valence-electron chi connectivity index (χ4n) is 4.05. The summed E-state index contributed by atoms with van der Waals surface area (Å²) in [5, 5.41) is 10.9. The molecule has 0 spiro atoms. The van der Waals surface area contributed by atoms with Crippen molar-refractivity contribution in [1.29, 1.82) is 0 Å². The molecule has 0 atom stereocenters. The number of aryl methyl sites for hydroxylation is 1. The van der Waals surface area contributed by atoms with E-state index in [1.165, 1.54) is 0 Å². The van der Waals surface area contributed by atoms with Gasteiger partial charge in [0.1, 0.15) is 5.82 Å². The van der Waals surface area contributed by atoms with Crippen LogP contribution in [0.25, 0.3) is 22.0 Å². The quantitative estimate of drug-likeness (QED) is 0.341. The number of aromatic nitrogens is 1. The van der Waals surface area contributed by atoms with E-state index in [1.807, 2.05) is 61.5 Å². The summed E-state index contributed by atoms with van der Waals surface area (Å²) in [7, 11) is 0. The van der Waals surface area contributed by atoms with Gasteiger partial charge in [0.25, 0.3) is 0 Å². The van der Waals surface area contributed by atoms with E-state index in [4.69, 9.17) is 4.98 Å². The Morgan fingerprint density at radius 1 is 0.938 bits per heavy atom. The summed E-state index contributed by atoms with van der Waals surface area (Å²) in [5.74, 6) is 0.0331. The molecule has 32 heavy (non-hydrogen) atoms. The molecule has 0 aliphatic heterocycles. The smallest absolute Gasteiger partial charge is 0.336 e. The molecule has 3 aromatic carbocycles. The topological polar surface area (TPSA) is 53.4 Å². The maximum absolute atomic E-state index is 11.9. The lowest BCUT2D eigenvalue weighted by atomic mass is 9.94. The molecule has 4 rings (SSSR count). The first-order valence-electron chi connectivity index (χ1n) is 11.1. The van der Waals surface area contributed by atoms with Crippen molar-refractivity contribution in [3.05, 3.63) is 95.6 Å². The highest BCUT2D eigenvalue weighted by Crippen LogP contribution is 2.29. The first kappa shape index (κ1) is 21.6. The molecule has 0 aliphatic rings. The van der Waals surface area contributed by atoms with Crippen LogP contribution in [0.2, 0.25) is 0 Å². The third kappa shape index (κ3) is 4.65. The second-order valence-electron chi connectivity index (χ2n) is 8.14. The second-order valence-corrected chi connectivity index (χ2v) is 8.14. The second kappa shape index (κ2) is 9.65. The molecule has 1 aromatic heterocycles. The summed E-state index contributed by atoms with van der Waals surface area (Å²) in [6.45, 7) is 5.76. The van der Waals surface area contributed by atoms with Crippen molar-refractivity contribution in [1.82, 2.24) is 4.98 Å². The van der Waals surface area contributed by atoms with Crippen LogP contribution in [0, 0.1) is 6.92 Å². The SMILES string of the molecule is CCCCN(Cc1ccc(C(=O)O)c(-c2ccccc2C)c1)c1ccc2ccccc2n1. The van der Waals surface area contributed by atoms with E-state index >= 15 is 0 Å². The molecule has 0 aliphatic carbocycles. The maximum atomic E-state index is 11.9. The molecule has 0 saturated carbocycles. The molecule has 162 valence electrons. The molecule has 1 N–H and O–H groups in total. The van der Waals surface area contributed by atoms with E-state index in [-0.39, 0.29) is 0 Å². The Kier molecular flexibility index (Phi) is 6.50. The van der Waals surface area contributed by atoms with Crippen molar-refractivity contribution < 1.29 is 9.90 Å². The van der Waals surface area contributed by atoms with Crippen LogP contribution in [0.4, 0.5) is 5.82 Å². The molecule has 0 amide bonds. The molecule has 4 aromatic rings. The number of hydrogen-bond acceptors (Lipinski definition) is 3. The first-order chi connectivity index (χ1) is 15.6. The van der Waals surface area contributed by atoms with Gasteiger partial charge in [-0.05, 0) is 65.9 Å². The number of carbonyl (C=O) groups is 1. The van der Waals surface area contributed by atoms with Gasteiger partial charge in [0, 0.05) is 18.5 Å². The number of hydrogen-bond donors (Lipinski definition) is 1. The van der Waals surface area contributed by atoms with Gasteiger partial charge in [-0.15, -0.1) is 0 Å². The average Bonchev–Trinajstić information content (AvgIpc) is 2.81. The molecule has 0 unspecified atom stereocenters. The zero-order valence-corrected chi connectivity index (χ0v) is 18.6.